The van der Waals surface area contributed by atoms with Gasteiger partial charge in [-0.05, 0) is 25.5 Å². The van der Waals surface area contributed by atoms with Crippen molar-refractivity contribution in [3.63, 3.8) is 0 Å². The molecule has 0 aliphatic carbocycles. The first-order valence-corrected chi connectivity index (χ1v) is 9.43. The highest BCUT2D eigenvalue weighted by Crippen LogP contribution is 2.37. The van der Waals surface area contributed by atoms with Gasteiger partial charge >= 0.3 is 0 Å². The minimum absolute atomic E-state index is 0.0157. The third-order valence-corrected chi connectivity index (χ3v) is 5.46. The molecule has 0 radical (unpaired) electrons. The summed E-state index contributed by atoms with van der Waals surface area (Å²) in [6, 6.07) is 1.27. The Bertz CT molecular complexity index is 1170. The normalized spacial score (nSPS) is 15.7. The number of methoxy groups -OCH3 is 1. The van der Waals surface area contributed by atoms with Crippen LogP contribution in [0.25, 0.3) is 11.3 Å². The maximum absolute atomic E-state index is 14.4. The molecular formula is C21H18F4N4O2. The first kappa shape index (κ1) is 20.8. The van der Waals surface area contributed by atoms with Crippen LogP contribution in [-0.4, -0.2) is 39.2 Å². The number of hydrogen-bond acceptors (Lipinski definition) is 4. The average molecular weight is 434 g/mol. The number of fused-ring (bicyclic) bond motifs is 1. The van der Waals surface area contributed by atoms with Crippen molar-refractivity contribution < 1.29 is 27.1 Å². The van der Waals surface area contributed by atoms with Crippen molar-refractivity contribution in [3.8, 4) is 17.0 Å². The number of amides is 1. The molecule has 3 aromatic rings. The largest absolute Gasteiger partial charge is 0.494 e. The Morgan fingerprint density at radius 3 is 2.45 bits per heavy atom. The van der Waals surface area contributed by atoms with Crippen LogP contribution in [0.1, 0.15) is 34.6 Å². The van der Waals surface area contributed by atoms with E-state index >= 15 is 0 Å². The van der Waals surface area contributed by atoms with Crippen LogP contribution in [0.2, 0.25) is 0 Å². The van der Waals surface area contributed by atoms with E-state index in [0.717, 1.165) is 18.3 Å². The maximum Gasteiger partial charge on any atom is 0.261 e. The highest BCUT2D eigenvalue weighted by Gasteiger charge is 2.35. The Balaban J connectivity index is 1.74. The summed E-state index contributed by atoms with van der Waals surface area (Å²) in [6.07, 6.45) is 2.50. The number of hydrogen-bond donors (Lipinski definition) is 0. The van der Waals surface area contributed by atoms with Crippen molar-refractivity contribution in [2.75, 3.05) is 13.7 Å². The summed E-state index contributed by atoms with van der Waals surface area (Å²) in [5.41, 5.74) is 1.54. The standard InChI is InChI=1S/C21H18F4N4O2/c1-10-19-12(20(28(2)27-19)11-6-13(22)18(25)14(23)7-11)4-5-29(10)21(30)17-15(24)8-26-9-16(17)31-3/h6-10H,4-5H2,1-3H3/t10-/m0/s1. The maximum atomic E-state index is 14.4. The SMILES string of the molecule is COc1cncc(F)c1C(=O)N1CCc2c(nn(C)c2-c2cc(F)c(F)c(F)c2)[C@@H]1C. The van der Waals surface area contributed by atoms with Gasteiger partial charge in [-0.1, -0.05) is 0 Å². The van der Waals surface area contributed by atoms with E-state index < -0.39 is 35.2 Å². The summed E-state index contributed by atoms with van der Waals surface area (Å²) < 4.78 is 61.8. The molecule has 6 nitrogen and oxygen atoms in total. The molecule has 0 bridgehead atoms. The van der Waals surface area contributed by atoms with Crippen LogP contribution >= 0.6 is 0 Å². The second-order valence-corrected chi connectivity index (χ2v) is 7.21. The van der Waals surface area contributed by atoms with Gasteiger partial charge in [-0.25, -0.2) is 17.6 Å². The van der Waals surface area contributed by atoms with Crippen LogP contribution < -0.4 is 4.74 Å². The predicted molar refractivity (Wildman–Crippen MR) is 102 cm³/mol. The van der Waals surface area contributed by atoms with E-state index in [9.17, 15) is 22.4 Å². The highest BCUT2D eigenvalue weighted by molar-refractivity contribution is 5.97. The second-order valence-electron chi connectivity index (χ2n) is 7.21. The molecule has 1 amide bonds. The minimum Gasteiger partial charge on any atom is -0.494 e. The molecule has 0 fully saturated rings. The number of rotatable bonds is 3. The molecule has 0 spiro atoms. The number of benzene rings is 1. The molecular weight excluding hydrogens is 416 g/mol. The molecule has 4 rings (SSSR count). The molecule has 162 valence electrons. The first-order valence-electron chi connectivity index (χ1n) is 9.43. The summed E-state index contributed by atoms with van der Waals surface area (Å²) >= 11 is 0. The monoisotopic (exact) mass is 434 g/mol. The van der Waals surface area contributed by atoms with Crippen molar-refractivity contribution >= 4 is 5.91 Å². The first-order chi connectivity index (χ1) is 14.7. The zero-order valence-electron chi connectivity index (χ0n) is 16.9. The molecule has 1 aromatic carbocycles. The van der Waals surface area contributed by atoms with Crippen LogP contribution in [-0.2, 0) is 13.5 Å². The number of ether oxygens (including phenoxy) is 1. The molecule has 0 N–H and O–H groups in total. The minimum atomic E-state index is -1.54. The lowest BCUT2D eigenvalue weighted by Crippen LogP contribution is -2.39. The lowest BCUT2D eigenvalue weighted by molar-refractivity contribution is 0.0665. The predicted octanol–water partition coefficient (Wildman–Crippen LogP) is 3.81. The lowest BCUT2D eigenvalue weighted by Gasteiger charge is -2.33. The molecule has 1 atom stereocenters. The van der Waals surface area contributed by atoms with Crippen LogP contribution in [0.4, 0.5) is 17.6 Å². The lowest BCUT2D eigenvalue weighted by atomic mass is 9.95. The van der Waals surface area contributed by atoms with Gasteiger partial charge in [-0.3, -0.25) is 14.5 Å². The molecule has 1 aliphatic heterocycles. The molecule has 2 aromatic heterocycles. The van der Waals surface area contributed by atoms with E-state index in [1.165, 1.54) is 22.9 Å². The molecule has 31 heavy (non-hydrogen) atoms. The fourth-order valence-corrected chi connectivity index (χ4v) is 4.00. The van der Waals surface area contributed by atoms with E-state index in [1.54, 1.807) is 14.0 Å². The number of carbonyl (C=O) groups is 1. The Morgan fingerprint density at radius 1 is 1.13 bits per heavy atom. The Labute approximate surface area is 175 Å². The van der Waals surface area contributed by atoms with Crippen molar-refractivity contribution in [1.29, 1.82) is 0 Å². The number of aromatic nitrogens is 3. The van der Waals surface area contributed by atoms with Crippen molar-refractivity contribution in [2.45, 2.75) is 19.4 Å². The number of carbonyl (C=O) groups excluding carboxylic acids is 1. The van der Waals surface area contributed by atoms with Crippen LogP contribution in [0.5, 0.6) is 5.75 Å². The molecule has 0 saturated heterocycles. The Kier molecular flexibility index (Phi) is 5.16. The van der Waals surface area contributed by atoms with E-state index in [-0.39, 0.29) is 23.4 Å². The molecule has 1 aliphatic rings. The third kappa shape index (κ3) is 3.31. The summed E-state index contributed by atoms with van der Waals surface area (Å²) in [5, 5.41) is 4.43. The fourth-order valence-electron chi connectivity index (χ4n) is 4.00. The zero-order valence-corrected chi connectivity index (χ0v) is 16.9. The van der Waals surface area contributed by atoms with Gasteiger partial charge in [0, 0.05) is 24.7 Å². The van der Waals surface area contributed by atoms with Gasteiger partial charge < -0.3 is 9.64 Å². The molecule has 10 heteroatoms. The van der Waals surface area contributed by atoms with Gasteiger partial charge in [0.1, 0.15) is 5.56 Å². The van der Waals surface area contributed by atoms with E-state index in [4.69, 9.17) is 4.74 Å². The smallest absolute Gasteiger partial charge is 0.261 e. The topological polar surface area (TPSA) is 60.2 Å². The van der Waals surface area contributed by atoms with Gasteiger partial charge in [0.15, 0.2) is 29.0 Å². The number of pyridine rings is 1. The zero-order chi connectivity index (χ0) is 22.4. The average Bonchev–Trinajstić information content (AvgIpc) is 3.08. The summed E-state index contributed by atoms with van der Waals surface area (Å²) in [4.78, 5) is 18.3. The Hall–Kier alpha value is -3.43. The highest BCUT2D eigenvalue weighted by atomic mass is 19.2. The van der Waals surface area contributed by atoms with Gasteiger partial charge in [0.25, 0.3) is 5.91 Å². The molecule has 0 saturated carbocycles. The Morgan fingerprint density at radius 2 is 1.81 bits per heavy atom. The number of nitrogens with zero attached hydrogens (tertiary/aromatic N) is 4. The second kappa shape index (κ2) is 7.68. The van der Waals surface area contributed by atoms with E-state index in [0.29, 0.717) is 23.4 Å². The number of aryl methyl sites for hydroxylation is 1. The molecule has 0 unspecified atom stereocenters. The summed E-state index contributed by atoms with van der Waals surface area (Å²) in [6.45, 7) is 1.94. The quantitative estimate of drug-likeness (QED) is 0.465. The van der Waals surface area contributed by atoms with Gasteiger partial charge in [0.2, 0.25) is 0 Å². The van der Waals surface area contributed by atoms with Crippen molar-refractivity contribution in [3.05, 3.63) is 64.6 Å². The van der Waals surface area contributed by atoms with Gasteiger partial charge in [0.05, 0.1) is 36.9 Å². The van der Waals surface area contributed by atoms with Crippen LogP contribution in [0.3, 0.4) is 0 Å². The van der Waals surface area contributed by atoms with Crippen molar-refractivity contribution in [2.24, 2.45) is 7.05 Å². The summed E-state index contributed by atoms with van der Waals surface area (Å²) in [7, 11) is 2.91. The number of halogens is 4. The molecule has 3 heterocycles. The van der Waals surface area contributed by atoms with Crippen LogP contribution in [0.15, 0.2) is 24.5 Å². The van der Waals surface area contributed by atoms with E-state index in [1.807, 2.05) is 0 Å². The van der Waals surface area contributed by atoms with Crippen molar-refractivity contribution in [1.82, 2.24) is 19.7 Å². The third-order valence-electron chi connectivity index (χ3n) is 5.46. The van der Waals surface area contributed by atoms with Gasteiger partial charge in [-0.2, -0.15) is 5.10 Å². The van der Waals surface area contributed by atoms with E-state index in [2.05, 4.69) is 10.1 Å². The summed E-state index contributed by atoms with van der Waals surface area (Å²) in [5.74, 6) is -5.51. The fraction of sp³-hybridized carbons (Fsp3) is 0.286. The van der Waals surface area contributed by atoms with Gasteiger partial charge in [-0.15, -0.1) is 0 Å². The van der Waals surface area contributed by atoms with Crippen LogP contribution in [0, 0.1) is 23.3 Å².